The van der Waals surface area contributed by atoms with E-state index in [0.717, 1.165) is 24.9 Å². The van der Waals surface area contributed by atoms with E-state index in [-0.39, 0.29) is 18.0 Å². The van der Waals surface area contributed by atoms with Gasteiger partial charge >= 0.3 is 6.01 Å². The molecule has 126 valence electrons. The molecule has 1 atom stereocenters. The quantitative estimate of drug-likeness (QED) is 0.831. The molecule has 3 rings (SSSR count). The molecule has 1 saturated heterocycles. The van der Waals surface area contributed by atoms with Crippen LogP contribution in [0.15, 0.2) is 36.9 Å². The predicted octanol–water partition coefficient (Wildman–Crippen LogP) is 1.70. The molecular formula is C17H20N4O3. The summed E-state index contributed by atoms with van der Waals surface area (Å²) in [6.45, 7) is 1.80. The highest BCUT2D eigenvalue weighted by Gasteiger charge is 2.25. The zero-order valence-electron chi connectivity index (χ0n) is 13.6. The summed E-state index contributed by atoms with van der Waals surface area (Å²) in [5.41, 5.74) is 1.49. The van der Waals surface area contributed by atoms with Gasteiger partial charge in [0.2, 0.25) is 0 Å². The Morgan fingerprint density at radius 3 is 2.88 bits per heavy atom. The van der Waals surface area contributed by atoms with Gasteiger partial charge in [0.25, 0.3) is 5.91 Å². The first-order chi connectivity index (χ1) is 11.8. The number of hydrogen-bond donors (Lipinski definition) is 0. The monoisotopic (exact) mass is 328 g/mol. The van der Waals surface area contributed by atoms with Crippen molar-refractivity contribution in [3.8, 4) is 6.01 Å². The van der Waals surface area contributed by atoms with Crippen molar-refractivity contribution in [3.05, 3.63) is 48.0 Å². The molecule has 0 radical (unpaired) electrons. The second kappa shape index (κ2) is 7.83. The number of piperidine rings is 1. The number of ether oxygens (including phenoxy) is 2. The lowest BCUT2D eigenvalue weighted by atomic mass is 10.1. The van der Waals surface area contributed by atoms with Crippen molar-refractivity contribution in [1.29, 1.82) is 0 Å². The second-order valence-corrected chi connectivity index (χ2v) is 5.65. The first kappa shape index (κ1) is 16.3. The maximum atomic E-state index is 12.6. The number of carbonyl (C=O) groups is 1. The van der Waals surface area contributed by atoms with Gasteiger partial charge in [0, 0.05) is 37.9 Å². The molecule has 3 heterocycles. The number of amides is 1. The molecule has 7 heteroatoms. The van der Waals surface area contributed by atoms with Gasteiger partial charge < -0.3 is 14.4 Å². The lowest BCUT2D eigenvalue weighted by Crippen LogP contribution is -2.43. The number of pyridine rings is 1. The molecule has 1 aliphatic heterocycles. The second-order valence-electron chi connectivity index (χ2n) is 5.65. The molecule has 2 aromatic rings. The van der Waals surface area contributed by atoms with Crippen molar-refractivity contribution in [2.24, 2.45) is 0 Å². The van der Waals surface area contributed by atoms with E-state index in [4.69, 9.17) is 9.47 Å². The first-order valence-electron chi connectivity index (χ1n) is 7.92. The molecule has 1 unspecified atom stereocenters. The number of rotatable bonds is 5. The summed E-state index contributed by atoms with van der Waals surface area (Å²) in [7, 11) is 1.49. The van der Waals surface area contributed by atoms with Gasteiger partial charge in [-0.3, -0.25) is 9.78 Å². The topological polar surface area (TPSA) is 77.4 Å². The zero-order valence-corrected chi connectivity index (χ0v) is 13.6. The van der Waals surface area contributed by atoms with Crippen LogP contribution in [0, 0.1) is 0 Å². The van der Waals surface area contributed by atoms with Crippen LogP contribution in [0.1, 0.15) is 28.8 Å². The Bertz CT molecular complexity index is 663. The Morgan fingerprint density at radius 2 is 2.17 bits per heavy atom. The van der Waals surface area contributed by atoms with E-state index in [9.17, 15) is 4.79 Å². The van der Waals surface area contributed by atoms with Gasteiger partial charge in [-0.15, -0.1) is 0 Å². The third-order valence-electron chi connectivity index (χ3n) is 3.93. The molecule has 0 saturated carbocycles. The smallest absolute Gasteiger partial charge is 0.316 e. The highest BCUT2D eigenvalue weighted by Crippen LogP contribution is 2.17. The van der Waals surface area contributed by atoms with E-state index in [1.54, 1.807) is 17.3 Å². The Morgan fingerprint density at radius 1 is 1.33 bits per heavy atom. The molecule has 1 aliphatic rings. The zero-order chi connectivity index (χ0) is 16.8. The van der Waals surface area contributed by atoms with Gasteiger partial charge in [-0.2, -0.15) is 0 Å². The van der Waals surface area contributed by atoms with Gasteiger partial charge in [-0.25, -0.2) is 9.97 Å². The Labute approximate surface area is 140 Å². The summed E-state index contributed by atoms with van der Waals surface area (Å²) in [5.74, 6) is -0.0765. The lowest BCUT2D eigenvalue weighted by molar-refractivity contribution is -0.00684. The fourth-order valence-electron chi connectivity index (χ4n) is 2.67. The van der Waals surface area contributed by atoms with Crippen LogP contribution in [0.2, 0.25) is 0 Å². The van der Waals surface area contributed by atoms with Gasteiger partial charge in [0.1, 0.15) is 0 Å². The third-order valence-corrected chi connectivity index (χ3v) is 3.93. The van der Waals surface area contributed by atoms with Crippen molar-refractivity contribution in [3.63, 3.8) is 0 Å². The molecule has 0 aromatic carbocycles. The average molecular weight is 328 g/mol. The molecular weight excluding hydrogens is 308 g/mol. The molecule has 0 aliphatic carbocycles. The van der Waals surface area contributed by atoms with Crippen molar-refractivity contribution in [1.82, 2.24) is 19.9 Å². The van der Waals surface area contributed by atoms with Gasteiger partial charge in [0.15, 0.2) is 0 Å². The fourth-order valence-corrected chi connectivity index (χ4v) is 2.67. The van der Waals surface area contributed by atoms with Gasteiger partial charge in [-0.1, -0.05) is 6.07 Å². The third kappa shape index (κ3) is 4.05. The van der Waals surface area contributed by atoms with Gasteiger partial charge in [0.05, 0.1) is 25.4 Å². The van der Waals surface area contributed by atoms with Crippen LogP contribution in [-0.4, -0.2) is 52.1 Å². The Kier molecular flexibility index (Phi) is 5.32. The maximum absolute atomic E-state index is 12.6. The van der Waals surface area contributed by atoms with Crippen LogP contribution in [0.3, 0.4) is 0 Å². The molecule has 24 heavy (non-hydrogen) atoms. The van der Waals surface area contributed by atoms with Crippen LogP contribution in [0.5, 0.6) is 6.01 Å². The van der Waals surface area contributed by atoms with E-state index in [0.29, 0.717) is 18.7 Å². The molecule has 0 bridgehead atoms. The van der Waals surface area contributed by atoms with E-state index in [1.165, 1.54) is 19.5 Å². The summed E-state index contributed by atoms with van der Waals surface area (Å²) in [6.07, 6.45) is 8.41. The van der Waals surface area contributed by atoms with E-state index < -0.39 is 0 Å². The number of nitrogens with zero attached hydrogens (tertiary/aromatic N) is 4. The van der Waals surface area contributed by atoms with Crippen LogP contribution < -0.4 is 4.74 Å². The lowest BCUT2D eigenvalue weighted by Gasteiger charge is -2.32. The van der Waals surface area contributed by atoms with Crippen molar-refractivity contribution >= 4 is 5.91 Å². The minimum absolute atomic E-state index is 0.0297. The summed E-state index contributed by atoms with van der Waals surface area (Å²) >= 11 is 0. The number of likely N-dealkylation sites (tertiary alicyclic amines) is 1. The molecule has 7 nitrogen and oxygen atoms in total. The molecule has 2 aromatic heterocycles. The molecule has 0 spiro atoms. The SMILES string of the molecule is COc1ncc(C(=O)N2CCCC(OCc3cccnc3)C2)cn1. The summed E-state index contributed by atoms with van der Waals surface area (Å²) in [4.78, 5) is 26.4. The average Bonchev–Trinajstić information content (AvgIpc) is 2.67. The first-order valence-corrected chi connectivity index (χ1v) is 7.92. The largest absolute Gasteiger partial charge is 0.467 e. The fraction of sp³-hybridized carbons (Fsp3) is 0.412. The van der Waals surface area contributed by atoms with Crippen LogP contribution in [0.25, 0.3) is 0 Å². The maximum Gasteiger partial charge on any atom is 0.316 e. The normalized spacial score (nSPS) is 17.5. The Hall–Kier alpha value is -2.54. The number of aromatic nitrogens is 3. The minimum atomic E-state index is -0.0765. The highest BCUT2D eigenvalue weighted by atomic mass is 16.5. The Balaban J connectivity index is 1.57. The minimum Gasteiger partial charge on any atom is -0.467 e. The molecule has 1 fully saturated rings. The summed E-state index contributed by atoms with van der Waals surface area (Å²) in [6, 6.07) is 4.12. The van der Waals surface area contributed by atoms with E-state index in [2.05, 4.69) is 15.0 Å². The number of hydrogen-bond acceptors (Lipinski definition) is 6. The van der Waals surface area contributed by atoms with Gasteiger partial charge in [-0.05, 0) is 24.5 Å². The van der Waals surface area contributed by atoms with Crippen LogP contribution in [-0.2, 0) is 11.3 Å². The predicted molar refractivity (Wildman–Crippen MR) is 86.5 cm³/mol. The molecule has 1 amide bonds. The van der Waals surface area contributed by atoms with Crippen LogP contribution >= 0.6 is 0 Å². The molecule has 0 N–H and O–H groups in total. The standard InChI is InChI=1S/C17H20N4O3/c1-23-17-19-9-14(10-20-17)16(22)21-7-3-5-15(11-21)24-12-13-4-2-6-18-8-13/h2,4,6,8-10,15H,3,5,7,11-12H2,1H3. The summed E-state index contributed by atoms with van der Waals surface area (Å²) in [5, 5.41) is 0. The van der Waals surface area contributed by atoms with E-state index >= 15 is 0 Å². The number of carbonyl (C=O) groups excluding carboxylic acids is 1. The van der Waals surface area contributed by atoms with Crippen molar-refractivity contribution < 1.29 is 14.3 Å². The highest BCUT2D eigenvalue weighted by molar-refractivity contribution is 5.93. The van der Waals surface area contributed by atoms with E-state index in [1.807, 2.05) is 12.1 Å². The van der Waals surface area contributed by atoms with Crippen molar-refractivity contribution in [2.75, 3.05) is 20.2 Å². The number of methoxy groups -OCH3 is 1. The van der Waals surface area contributed by atoms with Crippen LogP contribution in [0.4, 0.5) is 0 Å². The van der Waals surface area contributed by atoms with Crippen molar-refractivity contribution in [2.45, 2.75) is 25.6 Å². The summed E-state index contributed by atoms with van der Waals surface area (Å²) < 4.78 is 10.8.